The lowest BCUT2D eigenvalue weighted by molar-refractivity contribution is -0.120. The molecule has 35 heavy (non-hydrogen) atoms. The summed E-state index contributed by atoms with van der Waals surface area (Å²) in [6.45, 7) is 0. The first kappa shape index (κ1) is 24.9. The van der Waals surface area contributed by atoms with Gasteiger partial charge in [0.1, 0.15) is 16.5 Å². The normalized spacial score (nSPS) is 13.3. The molecular formula is C24H15Cl4N3O4. The van der Waals surface area contributed by atoms with Crippen molar-refractivity contribution in [2.45, 2.75) is 0 Å². The molecule has 0 saturated heterocycles. The fraction of sp³-hybridized carbons (Fsp3) is 0.0417. The molecule has 0 atom stereocenters. The van der Waals surface area contributed by atoms with E-state index in [0.29, 0.717) is 22.7 Å². The summed E-state index contributed by atoms with van der Waals surface area (Å²) in [4.78, 5) is 39.0. The molecule has 3 amide bonds. The Kier molecular flexibility index (Phi) is 7.23. The van der Waals surface area contributed by atoms with E-state index in [4.69, 9.17) is 51.1 Å². The van der Waals surface area contributed by atoms with Gasteiger partial charge in [0.05, 0.1) is 27.9 Å². The van der Waals surface area contributed by atoms with Crippen LogP contribution in [0.25, 0.3) is 0 Å². The highest BCUT2D eigenvalue weighted by molar-refractivity contribution is 6.54. The van der Waals surface area contributed by atoms with E-state index in [9.17, 15) is 14.4 Å². The van der Waals surface area contributed by atoms with Gasteiger partial charge in [0.25, 0.3) is 17.7 Å². The molecule has 0 bridgehead atoms. The van der Waals surface area contributed by atoms with E-state index in [-0.39, 0.29) is 37.4 Å². The minimum Gasteiger partial charge on any atom is -0.497 e. The summed E-state index contributed by atoms with van der Waals surface area (Å²) < 4.78 is 5.10. The second-order valence-corrected chi connectivity index (χ2v) is 8.84. The zero-order chi connectivity index (χ0) is 25.3. The molecule has 2 N–H and O–H groups in total. The van der Waals surface area contributed by atoms with Gasteiger partial charge in [-0.2, -0.15) is 0 Å². The number of nitrogens with zero attached hydrogens (tertiary/aromatic N) is 1. The highest BCUT2D eigenvalue weighted by atomic mass is 35.5. The number of ether oxygens (including phenoxy) is 1. The van der Waals surface area contributed by atoms with Gasteiger partial charge in [-0.1, -0.05) is 46.4 Å². The van der Waals surface area contributed by atoms with Gasteiger partial charge in [-0.15, -0.1) is 0 Å². The molecule has 1 aliphatic rings. The predicted octanol–water partition coefficient (Wildman–Crippen LogP) is 6.34. The topological polar surface area (TPSA) is 87.7 Å². The number of imide groups is 1. The summed E-state index contributed by atoms with van der Waals surface area (Å²) in [5, 5.41) is 5.63. The summed E-state index contributed by atoms with van der Waals surface area (Å²) in [6, 6.07) is 15.8. The number of carbonyl (C=O) groups excluding carboxylic acids is 3. The molecule has 0 fully saturated rings. The third-order valence-corrected chi connectivity index (χ3v) is 6.40. The maximum atomic E-state index is 13.0. The van der Waals surface area contributed by atoms with E-state index in [1.807, 2.05) is 0 Å². The molecule has 0 radical (unpaired) electrons. The Morgan fingerprint density at radius 3 is 2.03 bits per heavy atom. The number of hydrogen-bond donors (Lipinski definition) is 2. The van der Waals surface area contributed by atoms with Crippen molar-refractivity contribution < 1.29 is 19.1 Å². The molecule has 1 heterocycles. The first-order valence-corrected chi connectivity index (χ1v) is 11.5. The quantitative estimate of drug-likeness (QED) is 0.276. The lowest BCUT2D eigenvalue weighted by Gasteiger charge is -2.17. The third kappa shape index (κ3) is 5.09. The summed E-state index contributed by atoms with van der Waals surface area (Å²) in [7, 11) is 1.56. The van der Waals surface area contributed by atoms with E-state index in [0.717, 1.165) is 4.90 Å². The Morgan fingerprint density at radius 1 is 0.800 bits per heavy atom. The molecule has 0 aromatic heterocycles. The molecule has 7 nitrogen and oxygen atoms in total. The van der Waals surface area contributed by atoms with Gasteiger partial charge >= 0.3 is 0 Å². The Bertz CT molecular complexity index is 1370. The van der Waals surface area contributed by atoms with Crippen LogP contribution < -0.4 is 20.3 Å². The van der Waals surface area contributed by atoms with Crippen LogP contribution in [0.4, 0.5) is 17.1 Å². The van der Waals surface area contributed by atoms with Crippen molar-refractivity contribution in [2.24, 2.45) is 0 Å². The van der Waals surface area contributed by atoms with Crippen LogP contribution in [0, 0.1) is 0 Å². The number of hydrogen-bond acceptors (Lipinski definition) is 5. The van der Waals surface area contributed by atoms with Gasteiger partial charge in [0, 0.05) is 16.9 Å². The number of anilines is 3. The summed E-state index contributed by atoms with van der Waals surface area (Å²) in [5.74, 6) is -1.14. The largest absolute Gasteiger partial charge is 0.497 e. The molecule has 3 aromatic rings. The van der Waals surface area contributed by atoms with Crippen LogP contribution in [0.1, 0.15) is 10.4 Å². The average Bonchev–Trinajstić information content (AvgIpc) is 3.05. The molecule has 0 unspecified atom stereocenters. The lowest BCUT2D eigenvalue weighted by Crippen LogP contribution is -2.32. The van der Waals surface area contributed by atoms with Gasteiger partial charge in [-0.3, -0.25) is 14.4 Å². The van der Waals surface area contributed by atoms with E-state index in [1.165, 1.54) is 12.1 Å². The monoisotopic (exact) mass is 549 g/mol. The standard InChI is InChI=1S/C24H15Cl4N3O4/c1-35-15-8-6-14(7-9-15)30-22(32)12-2-4-13(5-3-12)29-21-20(28)23(33)31(24(21)34)19-11-17(26)16(25)10-18(19)27/h2-11,29H,1H3,(H,30,32). The Hall–Kier alpha value is -3.23. The van der Waals surface area contributed by atoms with Gasteiger partial charge < -0.3 is 15.4 Å². The molecule has 11 heteroatoms. The SMILES string of the molecule is COc1ccc(NC(=O)c2ccc(NC3=C(Cl)C(=O)N(c4cc(Cl)c(Cl)cc4Cl)C3=O)cc2)cc1. The van der Waals surface area contributed by atoms with Crippen molar-refractivity contribution in [3.05, 3.63) is 92.0 Å². The van der Waals surface area contributed by atoms with Gasteiger partial charge in [-0.05, 0) is 60.7 Å². The van der Waals surface area contributed by atoms with Gasteiger partial charge in [-0.25, -0.2) is 4.90 Å². The first-order chi connectivity index (χ1) is 16.7. The smallest absolute Gasteiger partial charge is 0.283 e. The Labute approximate surface area is 220 Å². The van der Waals surface area contributed by atoms with Crippen LogP contribution in [0.3, 0.4) is 0 Å². The fourth-order valence-electron chi connectivity index (χ4n) is 3.24. The maximum Gasteiger partial charge on any atom is 0.283 e. The fourth-order valence-corrected chi connectivity index (χ4v) is 4.08. The summed E-state index contributed by atoms with van der Waals surface area (Å²) >= 11 is 24.3. The lowest BCUT2D eigenvalue weighted by atomic mass is 10.2. The average molecular weight is 551 g/mol. The molecular weight excluding hydrogens is 536 g/mol. The van der Waals surface area contributed by atoms with Crippen LogP contribution in [0.15, 0.2) is 71.4 Å². The molecule has 0 spiro atoms. The zero-order valence-corrected chi connectivity index (χ0v) is 20.9. The van der Waals surface area contributed by atoms with Crippen molar-refractivity contribution in [3.8, 4) is 5.75 Å². The van der Waals surface area contributed by atoms with Gasteiger partial charge in [0.15, 0.2) is 0 Å². The van der Waals surface area contributed by atoms with Crippen molar-refractivity contribution in [1.82, 2.24) is 0 Å². The van der Waals surface area contributed by atoms with E-state index in [1.54, 1.807) is 55.6 Å². The number of nitrogens with one attached hydrogen (secondary N) is 2. The van der Waals surface area contributed by atoms with Crippen LogP contribution in [0.2, 0.25) is 15.1 Å². The second-order valence-electron chi connectivity index (χ2n) is 7.24. The van der Waals surface area contributed by atoms with Crippen molar-refractivity contribution in [3.63, 3.8) is 0 Å². The highest BCUT2D eigenvalue weighted by Gasteiger charge is 2.40. The highest BCUT2D eigenvalue weighted by Crippen LogP contribution is 2.38. The van der Waals surface area contributed by atoms with E-state index >= 15 is 0 Å². The predicted molar refractivity (Wildman–Crippen MR) is 138 cm³/mol. The number of halogens is 4. The molecule has 4 rings (SSSR count). The molecule has 3 aromatic carbocycles. The third-order valence-electron chi connectivity index (χ3n) is 5.02. The number of methoxy groups -OCH3 is 1. The molecule has 0 aliphatic carbocycles. The summed E-state index contributed by atoms with van der Waals surface area (Å²) in [6.07, 6.45) is 0. The van der Waals surface area contributed by atoms with Crippen LogP contribution >= 0.6 is 46.4 Å². The Morgan fingerprint density at radius 2 is 1.40 bits per heavy atom. The molecule has 1 aliphatic heterocycles. The van der Waals surface area contributed by atoms with Crippen LogP contribution in [-0.4, -0.2) is 24.8 Å². The Balaban J connectivity index is 1.49. The van der Waals surface area contributed by atoms with Crippen LogP contribution in [-0.2, 0) is 9.59 Å². The van der Waals surface area contributed by atoms with Crippen molar-refractivity contribution >= 4 is 81.2 Å². The van der Waals surface area contributed by atoms with E-state index in [2.05, 4.69) is 10.6 Å². The van der Waals surface area contributed by atoms with Crippen molar-refractivity contribution in [2.75, 3.05) is 22.6 Å². The number of carbonyl (C=O) groups is 3. The number of amides is 3. The van der Waals surface area contributed by atoms with E-state index < -0.39 is 11.8 Å². The van der Waals surface area contributed by atoms with Crippen molar-refractivity contribution in [1.29, 1.82) is 0 Å². The minimum atomic E-state index is -0.769. The zero-order valence-electron chi connectivity index (χ0n) is 17.9. The molecule has 0 saturated carbocycles. The number of benzene rings is 3. The van der Waals surface area contributed by atoms with Crippen LogP contribution in [0.5, 0.6) is 5.75 Å². The summed E-state index contributed by atoms with van der Waals surface area (Å²) in [5.41, 5.74) is 1.32. The van der Waals surface area contributed by atoms with Gasteiger partial charge in [0.2, 0.25) is 0 Å². The first-order valence-electron chi connectivity index (χ1n) is 9.95. The number of rotatable bonds is 6. The molecule has 178 valence electrons. The minimum absolute atomic E-state index is 0.0524. The second kappa shape index (κ2) is 10.2. The maximum absolute atomic E-state index is 13.0.